The van der Waals surface area contributed by atoms with E-state index in [1.807, 2.05) is 61.5 Å². The summed E-state index contributed by atoms with van der Waals surface area (Å²) in [5, 5.41) is 6.58. The fraction of sp³-hybridized carbons (Fsp3) is 0.417. The minimum Gasteiger partial charge on any atom is -0.492 e. The summed E-state index contributed by atoms with van der Waals surface area (Å²) < 4.78 is 12.4. The van der Waals surface area contributed by atoms with Crippen LogP contribution in [0.3, 0.4) is 0 Å². The molecule has 44 heavy (non-hydrogen) atoms. The van der Waals surface area contributed by atoms with E-state index < -0.39 is 11.3 Å². The SMILES string of the molecule is C\C1=C(Oc2ccc(CC(C)(C)NC[C@H](C=O)COc3cccc4c3C3(CCCC3)C(=O)N4)cc2)/C(C(N)=O)=C\C=C/CC1. The van der Waals surface area contributed by atoms with Crippen LogP contribution >= 0.6 is 0 Å². The summed E-state index contributed by atoms with van der Waals surface area (Å²) in [5.74, 6) is 1.03. The number of benzene rings is 2. The highest BCUT2D eigenvalue weighted by atomic mass is 16.5. The van der Waals surface area contributed by atoms with Gasteiger partial charge in [-0.2, -0.15) is 0 Å². The van der Waals surface area contributed by atoms with Crippen LogP contribution in [-0.4, -0.2) is 36.8 Å². The van der Waals surface area contributed by atoms with E-state index in [-0.39, 0.29) is 24.0 Å². The fourth-order valence-electron chi connectivity index (χ4n) is 6.49. The van der Waals surface area contributed by atoms with Crippen LogP contribution in [-0.2, 0) is 26.2 Å². The zero-order valence-electron chi connectivity index (χ0n) is 25.9. The first-order valence-electron chi connectivity index (χ1n) is 15.5. The number of nitrogens with one attached hydrogen (secondary N) is 2. The van der Waals surface area contributed by atoms with E-state index in [9.17, 15) is 14.4 Å². The number of rotatable bonds is 12. The lowest BCUT2D eigenvalue weighted by atomic mass is 9.79. The van der Waals surface area contributed by atoms with Crippen LogP contribution < -0.4 is 25.8 Å². The van der Waals surface area contributed by atoms with Crippen molar-refractivity contribution in [2.45, 2.75) is 76.7 Å². The predicted octanol–water partition coefficient (Wildman–Crippen LogP) is 5.67. The molecule has 1 heterocycles. The number of aldehydes is 1. The molecule has 2 aromatic carbocycles. The maximum absolute atomic E-state index is 12.9. The highest BCUT2D eigenvalue weighted by Gasteiger charge is 2.50. The van der Waals surface area contributed by atoms with E-state index in [0.717, 1.165) is 73.6 Å². The van der Waals surface area contributed by atoms with Crippen molar-refractivity contribution in [2.24, 2.45) is 11.7 Å². The summed E-state index contributed by atoms with van der Waals surface area (Å²) >= 11 is 0. The number of hydrogen-bond donors (Lipinski definition) is 3. The van der Waals surface area contributed by atoms with Crippen molar-refractivity contribution in [3.8, 4) is 11.5 Å². The van der Waals surface area contributed by atoms with Crippen molar-refractivity contribution in [3.05, 3.63) is 88.7 Å². The van der Waals surface area contributed by atoms with Crippen LogP contribution in [0.2, 0.25) is 0 Å². The molecule has 0 unspecified atom stereocenters. The van der Waals surface area contributed by atoms with Gasteiger partial charge in [0, 0.05) is 23.3 Å². The second-order valence-corrected chi connectivity index (χ2v) is 12.8. The molecule has 3 aliphatic rings. The molecule has 0 bridgehead atoms. The number of ether oxygens (including phenoxy) is 2. The van der Waals surface area contributed by atoms with E-state index in [1.165, 1.54) is 0 Å². The minimum atomic E-state index is -0.521. The molecule has 5 rings (SSSR count). The molecule has 2 amide bonds. The van der Waals surface area contributed by atoms with Crippen LogP contribution in [0.15, 0.2) is 77.6 Å². The Hall–Kier alpha value is -4.17. The van der Waals surface area contributed by atoms with Gasteiger partial charge in [-0.15, -0.1) is 0 Å². The van der Waals surface area contributed by atoms with Gasteiger partial charge in [-0.3, -0.25) is 9.59 Å². The minimum absolute atomic E-state index is 0.0627. The first-order chi connectivity index (χ1) is 21.1. The molecule has 2 aromatic rings. The molecule has 4 N–H and O–H groups in total. The van der Waals surface area contributed by atoms with Gasteiger partial charge in [-0.25, -0.2) is 0 Å². The van der Waals surface area contributed by atoms with Crippen molar-refractivity contribution < 1.29 is 23.9 Å². The monoisotopic (exact) mass is 597 g/mol. The molecule has 1 fully saturated rings. The second-order valence-electron chi connectivity index (χ2n) is 12.8. The molecule has 1 saturated carbocycles. The Kier molecular flexibility index (Phi) is 9.39. The van der Waals surface area contributed by atoms with Gasteiger partial charge in [0.25, 0.3) is 5.91 Å². The summed E-state index contributed by atoms with van der Waals surface area (Å²) in [6.07, 6.45) is 12.6. The quantitative estimate of drug-likeness (QED) is 0.271. The van der Waals surface area contributed by atoms with Gasteiger partial charge in [-0.1, -0.05) is 43.2 Å². The lowest BCUT2D eigenvalue weighted by Crippen LogP contribution is -2.45. The third-order valence-corrected chi connectivity index (χ3v) is 8.90. The van der Waals surface area contributed by atoms with Crippen molar-refractivity contribution in [1.29, 1.82) is 0 Å². The van der Waals surface area contributed by atoms with Crippen molar-refractivity contribution >= 4 is 23.8 Å². The number of hydrogen-bond acceptors (Lipinski definition) is 6. The summed E-state index contributed by atoms with van der Waals surface area (Å²) in [6, 6.07) is 13.5. The maximum Gasteiger partial charge on any atom is 0.252 e. The lowest BCUT2D eigenvalue weighted by Gasteiger charge is -2.28. The van der Waals surface area contributed by atoms with E-state index in [4.69, 9.17) is 15.2 Å². The highest BCUT2D eigenvalue weighted by molar-refractivity contribution is 6.07. The predicted molar refractivity (Wildman–Crippen MR) is 171 cm³/mol. The van der Waals surface area contributed by atoms with Gasteiger partial charge in [0.15, 0.2) is 0 Å². The molecule has 2 aliphatic carbocycles. The molecular formula is C36H43N3O5. The van der Waals surface area contributed by atoms with Gasteiger partial charge in [0.05, 0.1) is 23.5 Å². The number of amides is 2. The average Bonchev–Trinajstić information content (AvgIpc) is 3.59. The largest absolute Gasteiger partial charge is 0.492 e. The number of allylic oxidation sites excluding steroid dienone is 4. The third kappa shape index (κ3) is 6.81. The normalized spacial score (nSPS) is 21.8. The summed E-state index contributed by atoms with van der Waals surface area (Å²) in [7, 11) is 0. The van der Waals surface area contributed by atoms with Crippen LogP contribution in [0, 0.1) is 5.92 Å². The molecule has 1 spiro atoms. The van der Waals surface area contributed by atoms with Gasteiger partial charge >= 0.3 is 0 Å². The second kappa shape index (κ2) is 13.2. The maximum atomic E-state index is 12.9. The fourth-order valence-corrected chi connectivity index (χ4v) is 6.49. The van der Waals surface area contributed by atoms with Crippen LogP contribution in [0.1, 0.15) is 70.4 Å². The molecule has 0 radical (unpaired) electrons. The Morgan fingerprint density at radius 1 is 1.16 bits per heavy atom. The number of nitrogens with two attached hydrogens (primary N) is 1. The highest BCUT2D eigenvalue weighted by Crippen LogP contribution is 2.52. The Labute approximate surface area is 259 Å². The molecule has 8 heteroatoms. The topological polar surface area (TPSA) is 120 Å². The number of primary amides is 1. The van der Waals surface area contributed by atoms with Crippen LogP contribution in [0.25, 0.3) is 0 Å². The van der Waals surface area contributed by atoms with E-state index in [2.05, 4.69) is 24.5 Å². The van der Waals surface area contributed by atoms with Gasteiger partial charge in [-0.05, 0) is 94.4 Å². The molecule has 1 atom stereocenters. The number of fused-ring (bicyclic) bond motifs is 2. The molecule has 0 aromatic heterocycles. The first-order valence-corrected chi connectivity index (χ1v) is 15.5. The number of anilines is 1. The molecular weight excluding hydrogens is 554 g/mol. The smallest absolute Gasteiger partial charge is 0.252 e. The summed E-state index contributed by atoms with van der Waals surface area (Å²) in [6.45, 7) is 6.85. The van der Waals surface area contributed by atoms with Crippen molar-refractivity contribution in [2.75, 3.05) is 18.5 Å². The van der Waals surface area contributed by atoms with Crippen LogP contribution in [0.5, 0.6) is 11.5 Å². The Morgan fingerprint density at radius 2 is 1.91 bits per heavy atom. The molecule has 232 valence electrons. The summed E-state index contributed by atoms with van der Waals surface area (Å²) in [4.78, 5) is 37.0. The van der Waals surface area contributed by atoms with E-state index >= 15 is 0 Å². The summed E-state index contributed by atoms with van der Waals surface area (Å²) in [5.41, 5.74) is 9.05. The van der Waals surface area contributed by atoms with Gasteiger partial charge in [0.2, 0.25) is 5.91 Å². The molecule has 8 nitrogen and oxygen atoms in total. The van der Waals surface area contributed by atoms with Crippen molar-refractivity contribution in [1.82, 2.24) is 5.32 Å². The molecule has 1 aliphatic heterocycles. The Bertz CT molecular complexity index is 1500. The van der Waals surface area contributed by atoms with Crippen LogP contribution in [0.4, 0.5) is 5.69 Å². The number of carbonyl (C=O) groups excluding carboxylic acids is 3. The van der Waals surface area contributed by atoms with Crippen molar-refractivity contribution in [3.63, 3.8) is 0 Å². The Morgan fingerprint density at radius 3 is 2.61 bits per heavy atom. The zero-order chi connectivity index (χ0) is 31.3. The molecule has 0 saturated heterocycles. The van der Waals surface area contributed by atoms with Gasteiger partial charge < -0.3 is 30.6 Å². The zero-order valence-corrected chi connectivity index (χ0v) is 25.9. The third-order valence-electron chi connectivity index (χ3n) is 8.90. The average molecular weight is 598 g/mol. The Balaban J connectivity index is 1.18. The first kappa shape index (κ1) is 31.3. The lowest BCUT2D eigenvalue weighted by molar-refractivity contribution is -0.120. The van der Waals surface area contributed by atoms with Gasteiger partial charge in [0.1, 0.15) is 23.5 Å². The standard InChI is InChI=1S/C36H43N3O5/c1-24-10-5-4-6-11-28(33(37)41)32(24)44-27-16-14-25(15-17-27)20-35(2,3)38-21-26(22-40)23-43-30-13-9-12-29-31(30)36(34(42)39-29)18-7-8-19-36/h4,6,9,11-17,22,26,38H,5,7-8,10,18-21,23H2,1-3H3,(H2,37,41)(H,39,42)/b6-4-,28-11+,32-24-/t26-/m1/s1. The van der Waals surface area contributed by atoms with E-state index in [0.29, 0.717) is 29.4 Å². The number of carbonyl (C=O) groups is 3. The van der Waals surface area contributed by atoms with E-state index in [1.54, 1.807) is 6.08 Å².